The van der Waals surface area contributed by atoms with Gasteiger partial charge in [-0.3, -0.25) is 0 Å². The van der Waals surface area contributed by atoms with E-state index in [0.717, 1.165) is 5.82 Å². The fraction of sp³-hybridized carbons (Fsp3) is 0.462. The molecule has 1 aliphatic rings. The van der Waals surface area contributed by atoms with Crippen LogP contribution in [0.5, 0.6) is 0 Å². The molecule has 1 atom stereocenters. The van der Waals surface area contributed by atoms with Gasteiger partial charge in [0.25, 0.3) is 0 Å². The van der Waals surface area contributed by atoms with E-state index in [2.05, 4.69) is 63.2 Å². The van der Waals surface area contributed by atoms with Gasteiger partial charge in [-0.15, -0.1) is 10.2 Å². The molecule has 0 amide bonds. The van der Waals surface area contributed by atoms with Crippen molar-refractivity contribution in [1.82, 2.24) is 25.9 Å². The molecule has 5 heteroatoms. The number of benzene rings is 1. The Morgan fingerprint density at radius 2 is 2.06 bits per heavy atom. The summed E-state index contributed by atoms with van der Waals surface area (Å²) in [6, 6.07) is 11.4. The van der Waals surface area contributed by atoms with Crippen LogP contribution < -0.4 is 5.32 Å². The average molecular weight is 243 g/mol. The molecule has 1 heterocycles. The van der Waals surface area contributed by atoms with E-state index in [-0.39, 0.29) is 6.04 Å². The van der Waals surface area contributed by atoms with Crippen LogP contribution in [0.3, 0.4) is 0 Å². The fourth-order valence-electron chi connectivity index (χ4n) is 2.53. The summed E-state index contributed by atoms with van der Waals surface area (Å²) in [6.45, 7) is 2.07. The molecule has 0 radical (unpaired) electrons. The zero-order valence-corrected chi connectivity index (χ0v) is 10.4. The minimum absolute atomic E-state index is 0.158. The van der Waals surface area contributed by atoms with Crippen molar-refractivity contribution in [2.45, 2.75) is 37.8 Å². The maximum atomic E-state index is 4.00. The summed E-state index contributed by atoms with van der Waals surface area (Å²) in [7, 11) is 0. The lowest BCUT2D eigenvalue weighted by Crippen LogP contribution is -2.41. The molecule has 0 aliphatic heterocycles. The molecule has 2 N–H and O–H groups in total. The quantitative estimate of drug-likeness (QED) is 0.859. The second-order valence-corrected chi connectivity index (χ2v) is 4.93. The molecular weight excluding hydrogens is 226 g/mol. The van der Waals surface area contributed by atoms with Crippen LogP contribution in [-0.4, -0.2) is 26.7 Å². The summed E-state index contributed by atoms with van der Waals surface area (Å²) in [5.74, 6) is 1.43. The Kier molecular flexibility index (Phi) is 3.06. The van der Waals surface area contributed by atoms with Crippen molar-refractivity contribution in [3.63, 3.8) is 0 Å². The van der Waals surface area contributed by atoms with Crippen molar-refractivity contribution in [2.24, 2.45) is 0 Å². The number of hydrogen-bond acceptors (Lipinski definition) is 4. The Morgan fingerprint density at radius 1 is 1.28 bits per heavy atom. The van der Waals surface area contributed by atoms with Crippen molar-refractivity contribution in [3.8, 4) is 0 Å². The fourth-order valence-corrected chi connectivity index (χ4v) is 2.53. The van der Waals surface area contributed by atoms with Gasteiger partial charge in [0.1, 0.15) is 0 Å². The Morgan fingerprint density at radius 3 is 2.72 bits per heavy atom. The molecule has 1 unspecified atom stereocenters. The molecular formula is C13H17N5. The minimum atomic E-state index is 0.158. The number of nitrogens with zero attached hydrogens (tertiary/aromatic N) is 3. The highest BCUT2D eigenvalue weighted by Gasteiger charge is 2.31. The van der Waals surface area contributed by atoms with Crippen LogP contribution in [0.25, 0.3) is 0 Å². The molecule has 2 aromatic rings. The molecule has 94 valence electrons. The predicted molar refractivity (Wildman–Crippen MR) is 67.9 cm³/mol. The first-order valence-electron chi connectivity index (χ1n) is 6.37. The van der Waals surface area contributed by atoms with Crippen LogP contribution in [0.2, 0.25) is 0 Å². The van der Waals surface area contributed by atoms with E-state index in [0.29, 0.717) is 12.0 Å². The maximum Gasteiger partial charge on any atom is 0.191 e. The van der Waals surface area contributed by atoms with E-state index in [1.165, 1.54) is 18.4 Å². The largest absolute Gasteiger partial charge is 0.305 e. The first-order valence-corrected chi connectivity index (χ1v) is 6.37. The lowest BCUT2D eigenvalue weighted by molar-refractivity contribution is 0.267. The van der Waals surface area contributed by atoms with Crippen LogP contribution in [0.15, 0.2) is 30.3 Å². The van der Waals surface area contributed by atoms with Gasteiger partial charge in [0.05, 0.1) is 6.04 Å². The number of hydrogen-bond donors (Lipinski definition) is 2. The van der Waals surface area contributed by atoms with Gasteiger partial charge in [0.2, 0.25) is 0 Å². The third kappa shape index (κ3) is 2.26. The number of H-pyrrole nitrogens is 1. The Balaban J connectivity index is 1.51. The Bertz CT molecular complexity index is 475. The number of tetrazole rings is 1. The van der Waals surface area contributed by atoms with Gasteiger partial charge in [-0.05, 0) is 31.2 Å². The smallest absolute Gasteiger partial charge is 0.191 e. The van der Waals surface area contributed by atoms with Crippen LogP contribution in [0, 0.1) is 0 Å². The van der Waals surface area contributed by atoms with Gasteiger partial charge in [0.15, 0.2) is 5.82 Å². The van der Waals surface area contributed by atoms with Gasteiger partial charge in [-0.2, -0.15) is 5.21 Å². The second kappa shape index (κ2) is 4.86. The van der Waals surface area contributed by atoms with Gasteiger partial charge < -0.3 is 5.32 Å². The number of nitrogens with one attached hydrogen (secondary N) is 2. The summed E-state index contributed by atoms with van der Waals surface area (Å²) in [5, 5.41) is 17.6. The van der Waals surface area contributed by atoms with Gasteiger partial charge >= 0.3 is 0 Å². The number of aromatic nitrogens is 4. The highest BCUT2D eigenvalue weighted by molar-refractivity contribution is 5.22. The minimum Gasteiger partial charge on any atom is -0.305 e. The number of rotatable bonds is 4. The molecule has 1 fully saturated rings. The lowest BCUT2D eigenvalue weighted by atomic mass is 9.75. The van der Waals surface area contributed by atoms with Gasteiger partial charge in [-0.1, -0.05) is 35.5 Å². The van der Waals surface area contributed by atoms with E-state index in [4.69, 9.17) is 0 Å². The van der Waals surface area contributed by atoms with Crippen molar-refractivity contribution < 1.29 is 0 Å². The standard InChI is InChI=1S/C13H17N5/c1-9(13-15-17-18-16-13)14-12-7-11(8-12)10-5-3-2-4-6-10/h2-6,9,11-12,14H,7-8H2,1H3,(H,15,16,17,18). The molecule has 1 aromatic heterocycles. The third-order valence-corrected chi connectivity index (χ3v) is 3.64. The van der Waals surface area contributed by atoms with Crippen molar-refractivity contribution >= 4 is 0 Å². The van der Waals surface area contributed by atoms with Crippen molar-refractivity contribution in [3.05, 3.63) is 41.7 Å². The highest BCUT2D eigenvalue weighted by Crippen LogP contribution is 2.37. The molecule has 5 nitrogen and oxygen atoms in total. The van der Waals surface area contributed by atoms with Gasteiger partial charge in [0, 0.05) is 6.04 Å². The third-order valence-electron chi connectivity index (χ3n) is 3.64. The molecule has 0 spiro atoms. The summed E-state index contributed by atoms with van der Waals surface area (Å²) in [5.41, 5.74) is 1.45. The highest BCUT2D eigenvalue weighted by atomic mass is 15.5. The molecule has 18 heavy (non-hydrogen) atoms. The van der Waals surface area contributed by atoms with E-state index >= 15 is 0 Å². The molecule has 3 rings (SSSR count). The topological polar surface area (TPSA) is 66.5 Å². The van der Waals surface area contributed by atoms with Crippen LogP contribution >= 0.6 is 0 Å². The van der Waals surface area contributed by atoms with E-state index in [1.807, 2.05) is 0 Å². The average Bonchev–Trinajstić information content (AvgIpc) is 2.88. The first kappa shape index (κ1) is 11.3. The monoisotopic (exact) mass is 243 g/mol. The molecule has 1 aromatic carbocycles. The zero-order chi connectivity index (χ0) is 12.4. The SMILES string of the molecule is CC(NC1CC(c2ccccc2)C1)c1nn[nH]n1. The van der Waals surface area contributed by atoms with E-state index in [9.17, 15) is 0 Å². The van der Waals surface area contributed by atoms with Crippen LogP contribution in [0.1, 0.15) is 43.1 Å². The van der Waals surface area contributed by atoms with Crippen molar-refractivity contribution in [2.75, 3.05) is 0 Å². The van der Waals surface area contributed by atoms with E-state index in [1.54, 1.807) is 0 Å². The summed E-state index contributed by atoms with van der Waals surface area (Å²) >= 11 is 0. The summed E-state index contributed by atoms with van der Waals surface area (Å²) in [4.78, 5) is 0. The van der Waals surface area contributed by atoms with Crippen LogP contribution in [-0.2, 0) is 0 Å². The van der Waals surface area contributed by atoms with E-state index < -0.39 is 0 Å². The normalized spacial score (nSPS) is 24.5. The lowest BCUT2D eigenvalue weighted by Gasteiger charge is -2.37. The number of aromatic amines is 1. The van der Waals surface area contributed by atoms with Crippen molar-refractivity contribution in [1.29, 1.82) is 0 Å². The molecule has 1 aliphatic carbocycles. The Hall–Kier alpha value is -1.75. The Labute approximate surface area is 106 Å². The zero-order valence-electron chi connectivity index (χ0n) is 10.4. The van der Waals surface area contributed by atoms with Gasteiger partial charge in [-0.25, -0.2) is 0 Å². The first-order chi connectivity index (χ1) is 8.83. The molecule has 0 saturated heterocycles. The summed E-state index contributed by atoms with van der Waals surface area (Å²) < 4.78 is 0. The molecule has 0 bridgehead atoms. The maximum absolute atomic E-state index is 4.00. The second-order valence-electron chi connectivity index (χ2n) is 4.93. The summed E-state index contributed by atoms with van der Waals surface area (Å²) in [6.07, 6.45) is 2.37. The predicted octanol–water partition coefficient (Wildman–Crippen LogP) is 1.80. The van der Waals surface area contributed by atoms with Crippen LogP contribution in [0.4, 0.5) is 0 Å². The molecule has 1 saturated carbocycles.